The van der Waals surface area contributed by atoms with E-state index in [1.807, 2.05) is 0 Å². The molecule has 0 unspecified atom stereocenters. The first-order valence-electron chi connectivity index (χ1n) is 5.00. The normalized spacial score (nSPS) is 23.7. The van der Waals surface area contributed by atoms with Gasteiger partial charge in [0.25, 0.3) is 5.91 Å². The number of hydrogen-bond donors (Lipinski definition) is 3. The standard InChI is InChI=1S/C10H11N3O4S/c1-10(8(14)12-9(15)13-10)6-3-2-4-7(5-6)18(11,16)17/h2-5H,1H3,(H2,11,16,17)(H2,12,13,14,15)/t10-/m1/s1. The molecule has 0 aromatic heterocycles. The molecule has 3 amide bonds. The molecule has 0 spiro atoms. The van der Waals surface area contributed by atoms with E-state index in [2.05, 4.69) is 10.6 Å². The lowest BCUT2D eigenvalue weighted by Crippen LogP contribution is -2.40. The van der Waals surface area contributed by atoms with E-state index >= 15 is 0 Å². The van der Waals surface area contributed by atoms with Crippen molar-refractivity contribution in [2.75, 3.05) is 0 Å². The third-order valence-electron chi connectivity index (χ3n) is 2.78. The number of sulfonamides is 1. The van der Waals surface area contributed by atoms with E-state index in [-0.39, 0.29) is 4.90 Å². The van der Waals surface area contributed by atoms with Crippen molar-refractivity contribution in [1.82, 2.24) is 10.6 Å². The number of imide groups is 1. The summed E-state index contributed by atoms with van der Waals surface area (Å²) >= 11 is 0. The molecular weight excluding hydrogens is 258 g/mol. The molecule has 96 valence electrons. The lowest BCUT2D eigenvalue weighted by molar-refractivity contribution is -0.123. The van der Waals surface area contributed by atoms with Gasteiger partial charge in [0.2, 0.25) is 10.0 Å². The molecule has 1 aromatic rings. The average molecular weight is 269 g/mol. The number of nitrogens with one attached hydrogen (secondary N) is 2. The van der Waals surface area contributed by atoms with Crippen LogP contribution in [-0.2, 0) is 20.4 Å². The summed E-state index contributed by atoms with van der Waals surface area (Å²) in [5.41, 5.74) is -0.949. The minimum Gasteiger partial charge on any atom is -0.320 e. The van der Waals surface area contributed by atoms with Crippen LogP contribution in [0.4, 0.5) is 4.79 Å². The number of benzene rings is 1. The van der Waals surface area contributed by atoms with Crippen LogP contribution < -0.4 is 15.8 Å². The molecule has 4 N–H and O–H groups in total. The van der Waals surface area contributed by atoms with Gasteiger partial charge in [-0.2, -0.15) is 0 Å². The summed E-state index contributed by atoms with van der Waals surface area (Å²) < 4.78 is 22.5. The summed E-state index contributed by atoms with van der Waals surface area (Å²) in [6.07, 6.45) is 0. The van der Waals surface area contributed by atoms with E-state index in [1.54, 1.807) is 6.07 Å². The van der Waals surface area contributed by atoms with Crippen molar-refractivity contribution in [3.63, 3.8) is 0 Å². The smallest absolute Gasteiger partial charge is 0.320 e. The van der Waals surface area contributed by atoms with Gasteiger partial charge in [-0.1, -0.05) is 12.1 Å². The molecule has 1 fully saturated rings. The highest BCUT2D eigenvalue weighted by atomic mass is 32.2. The van der Waals surface area contributed by atoms with Gasteiger partial charge in [0.05, 0.1) is 4.90 Å². The zero-order valence-electron chi connectivity index (χ0n) is 9.43. The predicted octanol–water partition coefficient (Wildman–Crippen LogP) is -0.611. The molecule has 0 aliphatic carbocycles. The van der Waals surface area contributed by atoms with Crippen LogP contribution in [-0.4, -0.2) is 20.4 Å². The summed E-state index contributed by atoms with van der Waals surface area (Å²) in [4.78, 5) is 22.7. The van der Waals surface area contributed by atoms with Crippen LogP contribution in [0.25, 0.3) is 0 Å². The molecule has 8 heteroatoms. The van der Waals surface area contributed by atoms with Crippen LogP contribution >= 0.6 is 0 Å². The predicted molar refractivity (Wildman–Crippen MR) is 61.8 cm³/mol. The number of hydrogen-bond acceptors (Lipinski definition) is 4. The van der Waals surface area contributed by atoms with Crippen molar-refractivity contribution in [2.45, 2.75) is 17.4 Å². The average Bonchev–Trinajstić information content (AvgIpc) is 2.53. The van der Waals surface area contributed by atoms with Gasteiger partial charge < -0.3 is 5.32 Å². The van der Waals surface area contributed by atoms with Crippen LogP contribution in [0.1, 0.15) is 12.5 Å². The van der Waals surface area contributed by atoms with Gasteiger partial charge >= 0.3 is 6.03 Å². The quantitative estimate of drug-likeness (QED) is 0.620. The first-order valence-corrected chi connectivity index (χ1v) is 6.55. The summed E-state index contributed by atoms with van der Waals surface area (Å²) in [7, 11) is -3.86. The molecule has 1 atom stereocenters. The fourth-order valence-corrected chi connectivity index (χ4v) is 2.29. The second kappa shape index (κ2) is 3.79. The third-order valence-corrected chi connectivity index (χ3v) is 3.70. The molecule has 1 heterocycles. The minimum atomic E-state index is -3.86. The molecule has 7 nitrogen and oxygen atoms in total. The first-order chi connectivity index (χ1) is 8.23. The molecule has 1 aliphatic rings. The zero-order chi connectivity index (χ0) is 13.6. The van der Waals surface area contributed by atoms with E-state index in [1.165, 1.54) is 25.1 Å². The van der Waals surface area contributed by atoms with Crippen molar-refractivity contribution in [2.24, 2.45) is 5.14 Å². The molecule has 0 radical (unpaired) electrons. The van der Waals surface area contributed by atoms with Gasteiger partial charge in [0.15, 0.2) is 0 Å². The Bertz CT molecular complexity index is 640. The molecular formula is C10H11N3O4S. The molecule has 1 aromatic carbocycles. The highest BCUT2D eigenvalue weighted by Gasteiger charge is 2.43. The number of nitrogens with two attached hydrogens (primary N) is 1. The van der Waals surface area contributed by atoms with Gasteiger partial charge in [-0.15, -0.1) is 0 Å². The maximum Gasteiger partial charge on any atom is 0.322 e. The minimum absolute atomic E-state index is 0.116. The van der Waals surface area contributed by atoms with Crippen LogP contribution in [0.3, 0.4) is 0 Å². The fourth-order valence-electron chi connectivity index (χ4n) is 1.73. The maximum atomic E-state index is 11.7. The molecule has 0 saturated carbocycles. The van der Waals surface area contributed by atoms with Crippen molar-refractivity contribution in [3.8, 4) is 0 Å². The van der Waals surface area contributed by atoms with Crippen LogP contribution in [0.2, 0.25) is 0 Å². The summed E-state index contributed by atoms with van der Waals surface area (Å²) in [6.45, 7) is 1.48. The number of urea groups is 1. The molecule has 2 rings (SSSR count). The lowest BCUT2D eigenvalue weighted by atomic mass is 9.92. The van der Waals surface area contributed by atoms with Crippen molar-refractivity contribution >= 4 is 22.0 Å². The molecule has 18 heavy (non-hydrogen) atoms. The Labute approximate surface area is 103 Å². The Balaban J connectivity index is 2.53. The number of rotatable bonds is 2. The van der Waals surface area contributed by atoms with E-state index in [9.17, 15) is 18.0 Å². The number of carbonyl (C=O) groups excluding carboxylic acids is 2. The van der Waals surface area contributed by atoms with E-state index in [0.29, 0.717) is 5.56 Å². The van der Waals surface area contributed by atoms with Crippen LogP contribution in [0, 0.1) is 0 Å². The molecule has 0 bridgehead atoms. The van der Waals surface area contributed by atoms with Gasteiger partial charge in [-0.05, 0) is 24.6 Å². The van der Waals surface area contributed by atoms with Crippen molar-refractivity contribution in [3.05, 3.63) is 29.8 Å². The van der Waals surface area contributed by atoms with E-state index < -0.39 is 27.5 Å². The van der Waals surface area contributed by atoms with Crippen LogP contribution in [0.5, 0.6) is 0 Å². The largest absolute Gasteiger partial charge is 0.322 e. The van der Waals surface area contributed by atoms with Crippen molar-refractivity contribution < 1.29 is 18.0 Å². The van der Waals surface area contributed by atoms with Gasteiger partial charge in [0.1, 0.15) is 5.54 Å². The van der Waals surface area contributed by atoms with E-state index in [0.717, 1.165) is 0 Å². The highest BCUT2D eigenvalue weighted by Crippen LogP contribution is 2.25. The summed E-state index contributed by atoms with van der Waals surface area (Å²) in [5, 5.41) is 9.55. The first kappa shape index (κ1) is 12.5. The second-order valence-corrected chi connectivity index (χ2v) is 5.67. The third kappa shape index (κ3) is 1.95. The van der Waals surface area contributed by atoms with Crippen molar-refractivity contribution in [1.29, 1.82) is 0 Å². The second-order valence-electron chi connectivity index (χ2n) is 4.11. The lowest BCUT2D eigenvalue weighted by Gasteiger charge is -2.21. The topological polar surface area (TPSA) is 118 Å². The van der Waals surface area contributed by atoms with Gasteiger partial charge in [-0.25, -0.2) is 18.4 Å². The Morgan fingerprint density at radius 1 is 1.28 bits per heavy atom. The monoisotopic (exact) mass is 269 g/mol. The summed E-state index contributed by atoms with van der Waals surface area (Å²) in [6, 6.07) is 4.96. The maximum absolute atomic E-state index is 11.7. The highest BCUT2D eigenvalue weighted by molar-refractivity contribution is 7.89. The molecule has 1 saturated heterocycles. The Morgan fingerprint density at radius 3 is 2.44 bits per heavy atom. The Kier molecular flexibility index (Phi) is 2.63. The molecule has 1 aliphatic heterocycles. The Hall–Kier alpha value is -1.93. The number of primary sulfonamides is 1. The number of amides is 3. The zero-order valence-corrected chi connectivity index (χ0v) is 10.2. The number of carbonyl (C=O) groups is 2. The Morgan fingerprint density at radius 2 is 1.94 bits per heavy atom. The van der Waals surface area contributed by atoms with E-state index in [4.69, 9.17) is 5.14 Å². The fraction of sp³-hybridized carbons (Fsp3) is 0.200. The van der Waals surface area contributed by atoms with Crippen LogP contribution in [0.15, 0.2) is 29.2 Å². The SMILES string of the molecule is C[C@]1(c2cccc(S(N)(=O)=O)c2)NC(=O)NC1=O. The van der Waals surface area contributed by atoms with Gasteiger partial charge in [-0.3, -0.25) is 10.1 Å². The van der Waals surface area contributed by atoms with Gasteiger partial charge in [0, 0.05) is 0 Å². The summed E-state index contributed by atoms with van der Waals surface area (Å²) in [5.74, 6) is -0.543.